The fourth-order valence-electron chi connectivity index (χ4n) is 1.88. The van der Waals surface area contributed by atoms with Crippen molar-refractivity contribution in [3.05, 3.63) is 29.8 Å². The first-order valence-corrected chi connectivity index (χ1v) is 7.79. The molecule has 0 aromatic heterocycles. The lowest BCUT2D eigenvalue weighted by molar-refractivity contribution is -0.121. The number of hydrogen-bond donors (Lipinski definition) is 1. The van der Waals surface area contributed by atoms with E-state index >= 15 is 0 Å². The second kappa shape index (κ2) is 8.06. The number of hydrogen-bond acceptors (Lipinski definition) is 2. The van der Waals surface area contributed by atoms with Crippen LogP contribution in [0.3, 0.4) is 0 Å². The number of rotatable bonds is 7. The first kappa shape index (κ1) is 17.5. The lowest BCUT2D eigenvalue weighted by Crippen LogP contribution is -2.27. The molecule has 21 heavy (non-hydrogen) atoms. The molecular weight excluding hydrogens is 262 g/mol. The third-order valence-electron chi connectivity index (χ3n) is 3.24. The molecule has 1 amide bonds. The summed E-state index contributed by atoms with van der Waals surface area (Å²) in [4.78, 5) is 11.5. The van der Waals surface area contributed by atoms with Crippen molar-refractivity contribution in [3.63, 3.8) is 0 Å². The van der Waals surface area contributed by atoms with Gasteiger partial charge >= 0.3 is 0 Å². The zero-order valence-corrected chi connectivity index (χ0v) is 14.0. The van der Waals surface area contributed by atoms with Crippen LogP contribution in [0.1, 0.15) is 53.0 Å². The maximum atomic E-state index is 11.5. The molecular formula is C18H29NO2. The van der Waals surface area contributed by atoms with Crippen LogP contribution in [0, 0.1) is 5.92 Å². The maximum Gasteiger partial charge on any atom is 0.220 e. The van der Waals surface area contributed by atoms with Gasteiger partial charge in [0.15, 0.2) is 0 Å². The first-order valence-electron chi connectivity index (χ1n) is 7.79. The van der Waals surface area contributed by atoms with Gasteiger partial charge in [-0.15, -0.1) is 0 Å². The highest BCUT2D eigenvalue weighted by molar-refractivity contribution is 5.75. The smallest absolute Gasteiger partial charge is 0.220 e. The summed E-state index contributed by atoms with van der Waals surface area (Å²) < 4.78 is 5.67. The minimum absolute atomic E-state index is 0.107. The molecule has 0 atom stereocenters. The molecule has 0 saturated carbocycles. The Kier molecular flexibility index (Phi) is 6.73. The highest BCUT2D eigenvalue weighted by Crippen LogP contribution is 2.24. The zero-order chi connectivity index (χ0) is 15.9. The van der Waals surface area contributed by atoms with Crippen LogP contribution in [0.4, 0.5) is 0 Å². The van der Waals surface area contributed by atoms with Crippen LogP contribution in [0.25, 0.3) is 0 Å². The predicted molar refractivity (Wildman–Crippen MR) is 87.7 cm³/mol. The molecule has 0 fully saturated rings. The number of nitrogens with one attached hydrogen (secondary N) is 1. The van der Waals surface area contributed by atoms with Gasteiger partial charge in [0.2, 0.25) is 5.91 Å². The Morgan fingerprint density at radius 1 is 1.19 bits per heavy atom. The fourth-order valence-corrected chi connectivity index (χ4v) is 1.88. The molecule has 0 radical (unpaired) electrons. The summed E-state index contributed by atoms with van der Waals surface area (Å²) in [6.07, 6.45) is 1.26. The molecule has 0 unspecified atom stereocenters. The number of carbonyl (C=O) groups is 1. The Balaban J connectivity index is 2.25. The van der Waals surface area contributed by atoms with Gasteiger partial charge in [0, 0.05) is 13.0 Å². The lowest BCUT2D eigenvalue weighted by atomic mass is 9.87. The number of amides is 1. The first-order chi connectivity index (χ1) is 9.79. The fraction of sp³-hybridized carbons (Fsp3) is 0.611. The van der Waals surface area contributed by atoms with Gasteiger partial charge in [0.1, 0.15) is 5.75 Å². The molecule has 0 saturated heterocycles. The predicted octanol–water partition coefficient (Wildman–Crippen LogP) is 3.92. The molecule has 0 aliphatic heterocycles. The van der Waals surface area contributed by atoms with Crippen molar-refractivity contribution in [3.8, 4) is 5.75 Å². The molecule has 0 bridgehead atoms. The van der Waals surface area contributed by atoms with E-state index in [0.29, 0.717) is 18.9 Å². The van der Waals surface area contributed by atoms with E-state index in [4.69, 9.17) is 4.74 Å². The molecule has 1 rings (SSSR count). The molecule has 0 aliphatic rings. The van der Waals surface area contributed by atoms with Crippen LogP contribution >= 0.6 is 0 Å². The Morgan fingerprint density at radius 3 is 2.33 bits per heavy atom. The lowest BCUT2D eigenvalue weighted by Gasteiger charge is -2.19. The van der Waals surface area contributed by atoms with E-state index in [1.165, 1.54) is 5.56 Å². The number of ether oxygens (including phenoxy) is 1. The minimum Gasteiger partial charge on any atom is -0.494 e. The standard InChI is InChI=1S/C18H29NO2/c1-14(2)13-19-17(20)7-6-12-21-16-10-8-15(9-11-16)18(3,4)5/h8-11,14H,6-7,12-13H2,1-5H3,(H,19,20). The van der Waals surface area contributed by atoms with E-state index in [9.17, 15) is 4.79 Å². The van der Waals surface area contributed by atoms with Crippen LogP contribution in [-0.2, 0) is 10.2 Å². The van der Waals surface area contributed by atoms with Crippen molar-refractivity contribution in [2.24, 2.45) is 5.92 Å². The number of carbonyl (C=O) groups excluding carboxylic acids is 1. The van der Waals surface area contributed by atoms with Crippen LogP contribution in [0.5, 0.6) is 5.75 Å². The van der Waals surface area contributed by atoms with Crippen molar-refractivity contribution < 1.29 is 9.53 Å². The van der Waals surface area contributed by atoms with Gasteiger partial charge in [0.05, 0.1) is 6.61 Å². The van der Waals surface area contributed by atoms with E-state index < -0.39 is 0 Å². The molecule has 1 N–H and O–H groups in total. The normalized spacial score (nSPS) is 11.5. The summed E-state index contributed by atoms with van der Waals surface area (Å²) in [5.74, 6) is 1.47. The van der Waals surface area contributed by atoms with Crippen LogP contribution in [0.2, 0.25) is 0 Å². The van der Waals surface area contributed by atoms with Gasteiger partial charge in [-0.2, -0.15) is 0 Å². The van der Waals surface area contributed by atoms with Crippen LogP contribution in [-0.4, -0.2) is 19.1 Å². The third kappa shape index (κ3) is 7.16. The van der Waals surface area contributed by atoms with Gasteiger partial charge in [-0.25, -0.2) is 0 Å². The Hall–Kier alpha value is -1.51. The van der Waals surface area contributed by atoms with E-state index in [1.54, 1.807) is 0 Å². The summed E-state index contributed by atoms with van der Waals surface area (Å²) >= 11 is 0. The van der Waals surface area contributed by atoms with Crippen molar-refractivity contribution in [2.75, 3.05) is 13.2 Å². The number of benzene rings is 1. The van der Waals surface area contributed by atoms with Crippen molar-refractivity contribution >= 4 is 5.91 Å². The van der Waals surface area contributed by atoms with Crippen molar-refractivity contribution in [1.82, 2.24) is 5.32 Å². The summed E-state index contributed by atoms with van der Waals surface area (Å²) in [7, 11) is 0. The average Bonchev–Trinajstić information content (AvgIpc) is 2.41. The highest BCUT2D eigenvalue weighted by atomic mass is 16.5. The van der Waals surface area contributed by atoms with Crippen molar-refractivity contribution in [1.29, 1.82) is 0 Å². The topological polar surface area (TPSA) is 38.3 Å². The molecule has 0 aliphatic carbocycles. The van der Waals surface area contributed by atoms with E-state index in [-0.39, 0.29) is 11.3 Å². The van der Waals surface area contributed by atoms with E-state index in [2.05, 4.69) is 52.1 Å². The van der Waals surface area contributed by atoms with E-state index in [1.807, 2.05) is 12.1 Å². The van der Waals surface area contributed by atoms with Gasteiger partial charge in [-0.05, 0) is 35.4 Å². The summed E-state index contributed by atoms with van der Waals surface area (Å²) in [6, 6.07) is 8.20. The van der Waals surface area contributed by atoms with Crippen molar-refractivity contribution in [2.45, 2.75) is 52.9 Å². The minimum atomic E-state index is 0.107. The SMILES string of the molecule is CC(C)CNC(=O)CCCOc1ccc(C(C)(C)C)cc1. The Bertz CT molecular complexity index is 430. The largest absolute Gasteiger partial charge is 0.494 e. The van der Waals surface area contributed by atoms with Gasteiger partial charge in [0.25, 0.3) is 0 Å². The Labute approximate surface area is 129 Å². The third-order valence-corrected chi connectivity index (χ3v) is 3.24. The molecule has 118 valence electrons. The monoisotopic (exact) mass is 291 g/mol. The second-order valence-corrected chi connectivity index (χ2v) is 6.92. The van der Waals surface area contributed by atoms with Gasteiger partial charge in [-0.3, -0.25) is 4.79 Å². The maximum absolute atomic E-state index is 11.5. The molecule has 3 heteroatoms. The van der Waals surface area contributed by atoms with Crippen LogP contribution < -0.4 is 10.1 Å². The molecule has 0 spiro atoms. The summed E-state index contributed by atoms with van der Waals surface area (Å²) in [6.45, 7) is 12.1. The molecule has 3 nitrogen and oxygen atoms in total. The zero-order valence-electron chi connectivity index (χ0n) is 14.0. The van der Waals surface area contributed by atoms with Gasteiger partial charge < -0.3 is 10.1 Å². The molecule has 0 heterocycles. The quantitative estimate of drug-likeness (QED) is 0.773. The molecule has 1 aromatic carbocycles. The highest BCUT2D eigenvalue weighted by Gasteiger charge is 2.12. The van der Waals surface area contributed by atoms with E-state index in [0.717, 1.165) is 18.7 Å². The van der Waals surface area contributed by atoms with Crippen LogP contribution in [0.15, 0.2) is 24.3 Å². The van der Waals surface area contributed by atoms with Gasteiger partial charge in [-0.1, -0.05) is 46.8 Å². The summed E-state index contributed by atoms with van der Waals surface area (Å²) in [5.41, 5.74) is 1.45. The average molecular weight is 291 g/mol. The second-order valence-electron chi connectivity index (χ2n) is 6.92. The Morgan fingerprint density at radius 2 is 1.81 bits per heavy atom. The molecule has 1 aromatic rings. The summed E-state index contributed by atoms with van der Waals surface area (Å²) in [5, 5.41) is 2.91.